The van der Waals surface area contributed by atoms with Gasteiger partial charge in [-0.05, 0) is 61.4 Å². The van der Waals surface area contributed by atoms with Crippen LogP contribution in [-0.4, -0.2) is 9.38 Å². The van der Waals surface area contributed by atoms with Gasteiger partial charge in [0.15, 0.2) is 0 Å². The van der Waals surface area contributed by atoms with E-state index < -0.39 is 0 Å². The number of unbranched alkanes of at least 4 members (excludes halogenated alkanes) is 1. The average Bonchev–Trinajstić information content (AvgIpc) is 3.19. The Labute approximate surface area is 157 Å². The molecular weight excluding hydrogens is 336 g/mol. The summed E-state index contributed by atoms with van der Waals surface area (Å²) in [5, 5.41) is 3.85. The second-order valence-corrected chi connectivity index (χ2v) is 8.39. The van der Waals surface area contributed by atoms with Gasteiger partial charge in [0, 0.05) is 15.6 Å². The van der Waals surface area contributed by atoms with Crippen molar-refractivity contribution in [3.8, 4) is 0 Å². The van der Waals surface area contributed by atoms with Gasteiger partial charge in [-0.25, -0.2) is 4.98 Å². The standard InChI is InChI=1S/C23H22N2S/c1-4-5-8-16-13-20-23(26-16)25-21-12-15(3)14(2)11-19(21)17-9-6-7-10-18(17)22(25)24-20/h6-7,9-13H,4-5,8H2,1-3H3. The number of nitrogens with zero attached hydrogens (tertiary/aromatic N) is 2. The third kappa shape index (κ3) is 2.20. The van der Waals surface area contributed by atoms with E-state index in [0.717, 1.165) is 17.6 Å². The molecule has 0 radical (unpaired) electrons. The van der Waals surface area contributed by atoms with Crippen LogP contribution in [0.15, 0.2) is 42.5 Å². The van der Waals surface area contributed by atoms with Crippen LogP contribution in [0.3, 0.4) is 0 Å². The lowest BCUT2D eigenvalue weighted by molar-refractivity contribution is 0.804. The second kappa shape index (κ2) is 5.82. The van der Waals surface area contributed by atoms with Crippen LogP contribution in [0.4, 0.5) is 0 Å². The summed E-state index contributed by atoms with van der Waals surface area (Å²) in [6, 6.07) is 15.6. The van der Waals surface area contributed by atoms with E-state index >= 15 is 0 Å². The van der Waals surface area contributed by atoms with Crippen LogP contribution < -0.4 is 0 Å². The van der Waals surface area contributed by atoms with Gasteiger partial charge in [-0.2, -0.15) is 0 Å². The zero-order chi connectivity index (χ0) is 17.8. The Balaban J connectivity index is 1.97. The smallest absolute Gasteiger partial charge is 0.147 e. The van der Waals surface area contributed by atoms with E-state index in [4.69, 9.17) is 4.98 Å². The van der Waals surface area contributed by atoms with Crippen molar-refractivity contribution in [3.63, 3.8) is 0 Å². The van der Waals surface area contributed by atoms with Crippen molar-refractivity contribution in [2.75, 3.05) is 0 Å². The van der Waals surface area contributed by atoms with Crippen molar-refractivity contribution in [2.24, 2.45) is 0 Å². The molecule has 0 fully saturated rings. The molecule has 0 N–H and O–H groups in total. The molecule has 3 heteroatoms. The van der Waals surface area contributed by atoms with E-state index in [9.17, 15) is 0 Å². The number of pyridine rings is 1. The first-order valence-corrected chi connectivity index (χ1v) is 10.2. The number of aromatic nitrogens is 2. The maximum atomic E-state index is 5.05. The van der Waals surface area contributed by atoms with E-state index in [1.165, 1.54) is 55.4 Å². The van der Waals surface area contributed by atoms with Crippen molar-refractivity contribution in [1.82, 2.24) is 9.38 Å². The van der Waals surface area contributed by atoms with Crippen LogP contribution in [0.5, 0.6) is 0 Å². The number of hydrogen-bond acceptors (Lipinski definition) is 2. The lowest BCUT2D eigenvalue weighted by atomic mass is 10.0. The summed E-state index contributed by atoms with van der Waals surface area (Å²) in [6.45, 7) is 6.65. The SMILES string of the molecule is CCCCc1cc2nc3c4ccccc4c4cc(C)c(C)cc4n3c2s1. The van der Waals surface area contributed by atoms with Gasteiger partial charge in [0.25, 0.3) is 0 Å². The van der Waals surface area contributed by atoms with Gasteiger partial charge in [-0.3, -0.25) is 4.40 Å². The maximum absolute atomic E-state index is 5.05. The number of imidazole rings is 1. The summed E-state index contributed by atoms with van der Waals surface area (Å²) in [7, 11) is 0. The zero-order valence-corrected chi connectivity index (χ0v) is 16.3. The van der Waals surface area contributed by atoms with Crippen LogP contribution in [-0.2, 0) is 6.42 Å². The molecule has 0 saturated heterocycles. The van der Waals surface area contributed by atoms with Crippen LogP contribution in [0.1, 0.15) is 35.8 Å². The summed E-state index contributed by atoms with van der Waals surface area (Å²) in [6.07, 6.45) is 3.63. The van der Waals surface area contributed by atoms with Crippen molar-refractivity contribution in [3.05, 3.63) is 58.5 Å². The van der Waals surface area contributed by atoms with Crippen molar-refractivity contribution in [2.45, 2.75) is 40.0 Å². The predicted octanol–water partition coefficient (Wildman–Crippen LogP) is 6.81. The van der Waals surface area contributed by atoms with E-state index in [0.29, 0.717) is 0 Å². The molecule has 3 aromatic heterocycles. The summed E-state index contributed by atoms with van der Waals surface area (Å²) in [4.78, 5) is 7.78. The van der Waals surface area contributed by atoms with Crippen molar-refractivity contribution in [1.29, 1.82) is 0 Å². The fraction of sp³-hybridized carbons (Fsp3) is 0.261. The minimum Gasteiger partial charge on any atom is -0.283 e. The Morgan fingerprint density at radius 1 is 0.962 bits per heavy atom. The van der Waals surface area contributed by atoms with Gasteiger partial charge in [-0.15, -0.1) is 11.3 Å². The fourth-order valence-corrected chi connectivity index (χ4v) is 5.06. The van der Waals surface area contributed by atoms with Crippen LogP contribution >= 0.6 is 11.3 Å². The van der Waals surface area contributed by atoms with Crippen molar-refractivity contribution < 1.29 is 0 Å². The summed E-state index contributed by atoms with van der Waals surface area (Å²) in [5.74, 6) is 0. The Bertz CT molecular complexity index is 1290. The predicted molar refractivity (Wildman–Crippen MR) is 114 cm³/mol. The molecule has 0 saturated carbocycles. The number of benzene rings is 2. The first-order valence-electron chi connectivity index (χ1n) is 9.40. The molecule has 5 aromatic rings. The Morgan fingerprint density at radius 3 is 2.54 bits per heavy atom. The van der Waals surface area contributed by atoms with Gasteiger partial charge in [0.1, 0.15) is 16.0 Å². The third-order valence-corrected chi connectivity index (χ3v) is 6.64. The van der Waals surface area contributed by atoms with E-state index in [2.05, 4.69) is 67.6 Å². The first kappa shape index (κ1) is 15.8. The number of thiophene rings is 1. The number of hydrogen-bond donors (Lipinski definition) is 0. The molecule has 0 amide bonds. The van der Waals surface area contributed by atoms with E-state index in [-0.39, 0.29) is 0 Å². The molecule has 3 heterocycles. The highest BCUT2D eigenvalue weighted by atomic mass is 32.1. The highest BCUT2D eigenvalue weighted by Gasteiger charge is 2.16. The van der Waals surface area contributed by atoms with Crippen LogP contribution in [0.25, 0.3) is 37.7 Å². The van der Waals surface area contributed by atoms with Gasteiger partial charge in [0.2, 0.25) is 0 Å². The zero-order valence-electron chi connectivity index (χ0n) is 15.5. The minimum atomic E-state index is 1.08. The highest BCUT2D eigenvalue weighted by Crippen LogP contribution is 2.36. The molecule has 0 aliphatic heterocycles. The summed E-state index contributed by atoms with van der Waals surface area (Å²) in [5.41, 5.74) is 6.16. The number of aryl methyl sites for hydroxylation is 3. The molecule has 2 nitrogen and oxygen atoms in total. The van der Waals surface area contributed by atoms with Crippen LogP contribution in [0, 0.1) is 13.8 Å². The van der Waals surface area contributed by atoms with E-state index in [1.807, 2.05) is 11.3 Å². The third-order valence-electron chi connectivity index (χ3n) is 5.47. The normalized spacial score (nSPS) is 12.1. The number of fused-ring (bicyclic) bond motifs is 8. The summed E-state index contributed by atoms with van der Waals surface area (Å²) < 4.78 is 2.39. The summed E-state index contributed by atoms with van der Waals surface area (Å²) >= 11 is 1.91. The molecule has 0 spiro atoms. The lowest BCUT2D eigenvalue weighted by Gasteiger charge is -2.11. The monoisotopic (exact) mass is 358 g/mol. The number of rotatable bonds is 3. The average molecular weight is 359 g/mol. The van der Waals surface area contributed by atoms with Crippen LogP contribution in [0.2, 0.25) is 0 Å². The molecule has 2 aromatic carbocycles. The molecule has 5 rings (SSSR count). The molecule has 0 aliphatic rings. The van der Waals surface area contributed by atoms with Gasteiger partial charge in [0.05, 0.1) is 5.52 Å². The van der Waals surface area contributed by atoms with Gasteiger partial charge in [-0.1, -0.05) is 37.6 Å². The molecular formula is C23H22N2S. The molecule has 0 bridgehead atoms. The first-order chi connectivity index (χ1) is 12.7. The molecule has 0 aliphatic carbocycles. The largest absolute Gasteiger partial charge is 0.283 e. The van der Waals surface area contributed by atoms with Crippen molar-refractivity contribution >= 4 is 49.0 Å². The topological polar surface area (TPSA) is 17.3 Å². The molecule has 0 atom stereocenters. The Kier molecular flexibility index (Phi) is 3.54. The van der Waals surface area contributed by atoms with Gasteiger partial charge >= 0.3 is 0 Å². The van der Waals surface area contributed by atoms with E-state index in [1.54, 1.807) is 0 Å². The Morgan fingerprint density at radius 2 is 1.73 bits per heavy atom. The Hall–Kier alpha value is -2.39. The highest BCUT2D eigenvalue weighted by molar-refractivity contribution is 7.18. The molecule has 0 unspecified atom stereocenters. The van der Waals surface area contributed by atoms with Gasteiger partial charge < -0.3 is 0 Å². The minimum absolute atomic E-state index is 1.08. The fourth-order valence-electron chi connectivity index (χ4n) is 3.91. The lowest BCUT2D eigenvalue weighted by Crippen LogP contribution is -1.93. The maximum Gasteiger partial charge on any atom is 0.147 e. The second-order valence-electron chi connectivity index (χ2n) is 7.28. The quantitative estimate of drug-likeness (QED) is 0.324. The molecule has 26 heavy (non-hydrogen) atoms. The molecule has 130 valence electrons.